The van der Waals surface area contributed by atoms with E-state index in [1.807, 2.05) is 0 Å². The first kappa shape index (κ1) is 12.7. The Kier molecular flexibility index (Phi) is 3.45. The molecule has 1 aromatic heterocycles. The fourth-order valence-corrected chi connectivity index (χ4v) is 3.27. The second-order valence-electron chi connectivity index (χ2n) is 6.28. The van der Waals surface area contributed by atoms with E-state index in [0.29, 0.717) is 5.92 Å². The van der Waals surface area contributed by atoms with Crippen molar-refractivity contribution in [1.82, 2.24) is 25.3 Å². The Morgan fingerprint density at radius 2 is 2.00 bits per heavy atom. The molecule has 0 aromatic carbocycles. The Bertz CT molecular complexity index is 444. The van der Waals surface area contributed by atoms with Crippen LogP contribution in [0.25, 0.3) is 0 Å². The monoisotopic (exact) mass is 277 g/mol. The summed E-state index contributed by atoms with van der Waals surface area (Å²) < 4.78 is 5.33. The SMILES string of the molecule is C1CC(N2CCN(Cc3noc(C4CC4)n3)CC2)CN1. The van der Waals surface area contributed by atoms with Gasteiger partial charge in [0, 0.05) is 44.7 Å². The lowest BCUT2D eigenvalue weighted by molar-refractivity contribution is 0.0959. The molecule has 110 valence electrons. The molecule has 1 aromatic rings. The number of piperazine rings is 1. The number of rotatable bonds is 4. The van der Waals surface area contributed by atoms with Gasteiger partial charge in [0.05, 0.1) is 6.54 Å². The Morgan fingerprint density at radius 3 is 2.70 bits per heavy atom. The molecule has 1 atom stereocenters. The average molecular weight is 277 g/mol. The molecule has 2 aliphatic heterocycles. The Hall–Kier alpha value is -0.980. The van der Waals surface area contributed by atoms with Crippen molar-refractivity contribution < 1.29 is 4.52 Å². The molecule has 1 saturated carbocycles. The van der Waals surface area contributed by atoms with Gasteiger partial charge < -0.3 is 9.84 Å². The molecule has 6 nitrogen and oxygen atoms in total. The van der Waals surface area contributed by atoms with E-state index in [4.69, 9.17) is 4.52 Å². The molecule has 1 unspecified atom stereocenters. The smallest absolute Gasteiger partial charge is 0.229 e. The average Bonchev–Trinajstić information content (AvgIpc) is 3.00. The predicted octanol–water partition coefficient (Wildman–Crippen LogP) is 0.427. The van der Waals surface area contributed by atoms with Crippen LogP contribution in [-0.4, -0.2) is 65.3 Å². The van der Waals surface area contributed by atoms with Crippen molar-refractivity contribution in [3.8, 4) is 0 Å². The lowest BCUT2D eigenvalue weighted by Gasteiger charge is -2.37. The molecule has 0 radical (unpaired) electrons. The number of aromatic nitrogens is 2. The van der Waals surface area contributed by atoms with Crippen LogP contribution >= 0.6 is 0 Å². The lowest BCUT2D eigenvalue weighted by atomic mass is 10.2. The van der Waals surface area contributed by atoms with Crippen molar-refractivity contribution in [2.45, 2.75) is 37.8 Å². The van der Waals surface area contributed by atoms with Gasteiger partial charge in [-0.1, -0.05) is 5.16 Å². The van der Waals surface area contributed by atoms with E-state index in [2.05, 4.69) is 25.3 Å². The summed E-state index contributed by atoms with van der Waals surface area (Å²) >= 11 is 0. The second-order valence-corrected chi connectivity index (χ2v) is 6.28. The molecule has 3 aliphatic rings. The van der Waals surface area contributed by atoms with Crippen molar-refractivity contribution in [2.24, 2.45) is 0 Å². The summed E-state index contributed by atoms with van der Waals surface area (Å²) in [5.41, 5.74) is 0. The van der Waals surface area contributed by atoms with Gasteiger partial charge in [0.2, 0.25) is 5.89 Å². The summed E-state index contributed by atoms with van der Waals surface area (Å²) in [5, 5.41) is 7.57. The Labute approximate surface area is 119 Å². The molecule has 20 heavy (non-hydrogen) atoms. The second kappa shape index (κ2) is 5.42. The zero-order valence-electron chi connectivity index (χ0n) is 11.9. The van der Waals surface area contributed by atoms with Gasteiger partial charge in [-0.2, -0.15) is 4.98 Å². The number of hydrogen-bond acceptors (Lipinski definition) is 6. The third-order valence-corrected chi connectivity index (χ3v) is 4.73. The van der Waals surface area contributed by atoms with E-state index >= 15 is 0 Å². The van der Waals surface area contributed by atoms with Gasteiger partial charge in [0.1, 0.15) is 0 Å². The minimum atomic E-state index is 0.558. The van der Waals surface area contributed by atoms with Crippen LogP contribution in [0.5, 0.6) is 0 Å². The van der Waals surface area contributed by atoms with Gasteiger partial charge in [0.15, 0.2) is 5.82 Å². The highest BCUT2D eigenvalue weighted by molar-refractivity contribution is 5.01. The molecule has 0 spiro atoms. The van der Waals surface area contributed by atoms with Crippen LogP contribution in [-0.2, 0) is 6.54 Å². The number of nitrogens with one attached hydrogen (secondary N) is 1. The van der Waals surface area contributed by atoms with Crippen molar-refractivity contribution >= 4 is 0 Å². The standard InChI is InChI=1S/C14H23N5O/c1-2-11(1)14-16-13(17-20-14)10-18-5-7-19(8-6-18)12-3-4-15-9-12/h11-12,15H,1-10H2. The van der Waals surface area contributed by atoms with Crippen LogP contribution < -0.4 is 5.32 Å². The highest BCUT2D eigenvalue weighted by Crippen LogP contribution is 2.38. The Morgan fingerprint density at radius 1 is 1.15 bits per heavy atom. The van der Waals surface area contributed by atoms with Crippen molar-refractivity contribution in [3.05, 3.63) is 11.7 Å². The van der Waals surface area contributed by atoms with E-state index < -0.39 is 0 Å². The third kappa shape index (κ3) is 2.73. The van der Waals surface area contributed by atoms with Gasteiger partial charge in [-0.15, -0.1) is 0 Å². The molecule has 2 saturated heterocycles. The van der Waals surface area contributed by atoms with E-state index in [0.717, 1.165) is 43.9 Å². The summed E-state index contributed by atoms with van der Waals surface area (Å²) in [6.07, 6.45) is 3.74. The van der Waals surface area contributed by atoms with Gasteiger partial charge in [-0.3, -0.25) is 9.80 Å². The topological polar surface area (TPSA) is 57.4 Å². The largest absolute Gasteiger partial charge is 0.339 e. The van der Waals surface area contributed by atoms with E-state index in [1.54, 1.807) is 0 Å². The molecule has 0 bridgehead atoms. The maximum atomic E-state index is 5.33. The van der Waals surface area contributed by atoms with Crippen molar-refractivity contribution in [2.75, 3.05) is 39.3 Å². The van der Waals surface area contributed by atoms with Gasteiger partial charge in [-0.05, 0) is 25.8 Å². The van der Waals surface area contributed by atoms with Crippen LogP contribution in [0.1, 0.15) is 36.9 Å². The van der Waals surface area contributed by atoms with Crippen molar-refractivity contribution in [1.29, 1.82) is 0 Å². The Balaban J connectivity index is 1.27. The molecule has 1 N–H and O–H groups in total. The minimum absolute atomic E-state index is 0.558. The molecular weight excluding hydrogens is 254 g/mol. The molecule has 3 fully saturated rings. The molecule has 6 heteroatoms. The fraction of sp³-hybridized carbons (Fsp3) is 0.857. The number of nitrogens with zero attached hydrogens (tertiary/aromatic N) is 4. The summed E-state index contributed by atoms with van der Waals surface area (Å²) in [6, 6.07) is 0.754. The predicted molar refractivity (Wildman–Crippen MR) is 74.4 cm³/mol. The number of hydrogen-bond donors (Lipinski definition) is 1. The molecule has 3 heterocycles. The van der Waals surface area contributed by atoms with Gasteiger partial charge in [0.25, 0.3) is 0 Å². The fourth-order valence-electron chi connectivity index (χ4n) is 3.27. The normalized spacial score (nSPS) is 29.1. The highest BCUT2D eigenvalue weighted by Gasteiger charge is 2.30. The zero-order chi connectivity index (χ0) is 13.4. The summed E-state index contributed by atoms with van der Waals surface area (Å²) in [4.78, 5) is 9.59. The van der Waals surface area contributed by atoms with Crippen molar-refractivity contribution in [3.63, 3.8) is 0 Å². The molecule has 0 amide bonds. The van der Waals surface area contributed by atoms with E-state index in [-0.39, 0.29) is 0 Å². The quantitative estimate of drug-likeness (QED) is 0.861. The first-order valence-corrected chi connectivity index (χ1v) is 7.88. The minimum Gasteiger partial charge on any atom is -0.339 e. The van der Waals surface area contributed by atoms with E-state index in [1.165, 1.54) is 38.9 Å². The third-order valence-electron chi connectivity index (χ3n) is 4.73. The van der Waals surface area contributed by atoms with Gasteiger partial charge >= 0.3 is 0 Å². The summed E-state index contributed by atoms with van der Waals surface area (Å²) in [5.74, 6) is 2.28. The van der Waals surface area contributed by atoms with Crippen LogP contribution in [0.4, 0.5) is 0 Å². The summed E-state index contributed by atoms with van der Waals surface area (Å²) in [6.45, 7) is 7.74. The molecular formula is C14H23N5O. The maximum absolute atomic E-state index is 5.33. The first-order chi connectivity index (χ1) is 9.88. The highest BCUT2D eigenvalue weighted by atomic mass is 16.5. The maximum Gasteiger partial charge on any atom is 0.229 e. The zero-order valence-corrected chi connectivity index (χ0v) is 11.9. The first-order valence-electron chi connectivity index (χ1n) is 7.88. The molecule has 4 rings (SSSR count). The van der Waals surface area contributed by atoms with Crippen LogP contribution in [0.2, 0.25) is 0 Å². The molecule has 1 aliphatic carbocycles. The van der Waals surface area contributed by atoms with Crippen LogP contribution in [0.15, 0.2) is 4.52 Å². The lowest BCUT2D eigenvalue weighted by Crippen LogP contribution is -2.50. The van der Waals surface area contributed by atoms with Gasteiger partial charge in [-0.25, -0.2) is 0 Å². The summed E-state index contributed by atoms with van der Waals surface area (Å²) in [7, 11) is 0. The van der Waals surface area contributed by atoms with E-state index in [9.17, 15) is 0 Å². The van der Waals surface area contributed by atoms with Crippen LogP contribution in [0, 0.1) is 0 Å². The van der Waals surface area contributed by atoms with Crippen LogP contribution in [0.3, 0.4) is 0 Å².